The third kappa shape index (κ3) is 2.52. The first-order chi connectivity index (χ1) is 6.15. The fourth-order valence-electron chi connectivity index (χ4n) is 1.25. The van der Waals surface area contributed by atoms with E-state index in [2.05, 4.69) is 0 Å². The Kier molecular flexibility index (Phi) is 3.43. The number of rotatable bonds is 3. The third-order valence-electron chi connectivity index (χ3n) is 2.54. The Hall–Kier alpha value is -0.890. The molecule has 72 valence electrons. The van der Waals surface area contributed by atoms with Crippen LogP contribution in [0.2, 0.25) is 0 Å². The molecule has 0 aliphatic heterocycles. The van der Waals surface area contributed by atoms with Crippen molar-refractivity contribution in [3.63, 3.8) is 0 Å². The molecule has 0 saturated heterocycles. The van der Waals surface area contributed by atoms with E-state index in [-0.39, 0.29) is 24.3 Å². The second kappa shape index (κ2) is 4.38. The molecule has 1 rings (SSSR count). The van der Waals surface area contributed by atoms with Crippen LogP contribution in [0.1, 0.15) is 25.3 Å². The predicted octanol–water partition coefficient (Wildman–Crippen LogP) is 2.56. The molecule has 2 atom stereocenters. The van der Waals surface area contributed by atoms with Crippen molar-refractivity contribution in [3.8, 4) is 0 Å². The lowest BCUT2D eigenvalue weighted by molar-refractivity contribution is 0.220. The molecular weight excluding hydrogens is 167 g/mol. The summed E-state index contributed by atoms with van der Waals surface area (Å²) in [6.07, 6.45) is 0. The molecule has 1 aromatic rings. The van der Waals surface area contributed by atoms with E-state index in [9.17, 15) is 4.39 Å². The lowest BCUT2D eigenvalue weighted by atomic mass is 9.90. The molecule has 0 aliphatic carbocycles. The van der Waals surface area contributed by atoms with Crippen LogP contribution in [0.15, 0.2) is 24.3 Å². The van der Waals surface area contributed by atoms with Crippen LogP contribution < -0.4 is 0 Å². The fraction of sp³-hybridized carbons (Fsp3) is 0.455. The average molecular weight is 182 g/mol. The second-order valence-electron chi connectivity index (χ2n) is 3.50. The molecule has 0 fully saturated rings. The largest absolute Gasteiger partial charge is 0.396 e. The molecule has 0 radical (unpaired) electrons. The Morgan fingerprint density at radius 3 is 2.23 bits per heavy atom. The second-order valence-corrected chi connectivity index (χ2v) is 3.50. The molecule has 0 aromatic heterocycles. The van der Waals surface area contributed by atoms with Gasteiger partial charge in [0.2, 0.25) is 0 Å². The first kappa shape index (κ1) is 10.2. The quantitative estimate of drug-likeness (QED) is 0.761. The van der Waals surface area contributed by atoms with Crippen molar-refractivity contribution in [2.24, 2.45) is 5.92 Å². The normalized spacial score (nSPS) is 15.4. The van der Waals surface area contributed by atoms with Gasteiger partial charge in [-0.25, -0.2) is 4.39 Å². The summed E-state index contributed by atoms with van der Waals surface area (Å²) < 4.78 is 12.6. The van der Waals surface area contributed by atoms with Crippen LogP contribution in [0.4, 0.5) is 4.39 Å². The number of benzene rings is 1. The van der Waals surface area contributed by atoms with Gasteiger partial charge in [0.1, 0.15) is 5.82 Å². The minimum Gasteiger partial charge on any atom is -0.396 e. The van der Waals surface area contributed by atoms with Gasteiger partial charge in [-0.15, -0.1) is 0 Å². The zero-order chi connectivity index (χ0) is 9.84. The van der Waals surface area contributed by atoms with Gasteiger partial charge in [0.15, 0.2) is 0 Å². The number of aliphatic hydroxyl groups is 1. The van der Waals surface area contributed by atoms with Crippen molar-refractivity contribution in [1.82, 2.24) is 0 Å². The number of hydrogen-bond donors (Lipinski definition) is 1. The van der Waals surface area contributed by atoms with E-state index in [1.165, 1.54) is 12.1 Å². The number of halogens is 1. The van der Waals surface area contributed by atoms with Gasteiger partial charge in [-0.05, 0) is 29.5 Å². The molecule has 0 saturated carbocycles. The zero-order valence-corrected chi connectivity index (χ0v) is 8.00. The summed E-state index contributed by atoms with van der Waals surface area (Å²) in [6.45, 7) is 4.18. The molecule has 2 unspecified atom stereocenters. The standard InChI is InChI=1S/C11H15FO/c1-8(7-13)9(2)10-3-5-11(12)6-4-10/h3-6,8-9,13H,7H2,1-2H3. The van der Waals surface area contributed by atoms with E-state index in [0.29, 0.717) is 0 Å². The predicted molar refractivity (Wildman–Crippen MR) is 51.1 cm³/mol. The van der Waals surface area contributed by atoms with Crippen LogP contribution in [-0.4, -0.2) is 11.7 Å². The van der Waals surface area contributed by atoms with Crippen molar-refractivity contribution in [3.05, 3.63) is 35.6 Å². The lowest BCUT2D eigenvalue weighted by Crippen LogP contribution is -2.10. The molecule has 0 aliphatic rings. The van der Waals surface area contributed by atoms with Crippen LogP contribution in [-0.2, 0) is 0 Å². The number of aliphatic hydroxyl groups excluding tert-OH is 1. The van der Waals surface area contributed by atoms with Gasteiger partial charge < -0.3 is 5.11 Å². The van der Waals surface area contributed by atoms with Gasteiger partial charge in [-0.1, -0.05) is 26.0 Å². The molecule has 13 heavy (non-hydrogen) atoms. The van der Waals surface area contributed by atoms with Crippen LogP contribution >= 0.6 is 0 Å². The van der Waals surface area contributed by atoms with Gasteiger partial charge in [-0.3, -0.25) is 0 Å². The van der Waals surface area contributed by atoms with Crippen molar-refractivity contribution in [2.45, 2.75) is 19.8 Å². The molecule has 0 bridgehead atoms. The van der Waals surface area contributed by atoms with Crippen molar-refractivity contribution < 1.29 is 9.50 Å². The van der Waals surface area contributed by atoms with Crippen LogP contribution in [0.25, 0.3) is 0 Å². The van der Waals surface area contributed by atoms with E-state index >= 15 is 0 Å². The molecule has 1 aromatic carbocycles. The van der Waals surface area contributed by atoms with Crippen molar-refractivity contribution in [2.75, 3.05) is 6.61 Å². The van der Waals surface area contributed by atoms with E-state index in [0.717, 1.165) is 5.56 Å². The molecule has 1 nitrogen and oxygen atoms in total. The maximum absolute atomic E-state index is 12.6. The van der Waals surface area contributed by atoms with Gasteiger partial charge in [0, 0.05) is 6.61 Å². The molecule has 0 heterocycles. The highest BCUT2D eigenvalue weighted by Crippen LogP contribution is 2.23. The van der Waals surface area contributed by atoms with Crippen LogP contribution in [0.3, 0.4) is 0 Å². The topological polar surface area (TPSA) is 20.2 Å². The Balaban J connectivity index is 2.77. The Bertz CT molecular complexity index is 255. The Labute approximate surface area is 78.2 Å². The number of hydrogen-bond acceptors (Lipinski definition) is 1. The smallest absolute Gasteiger partial charge is 0.123 e. The van der Waals surface area contributed by atoms with Crippen molar-refractivity contribution >= 4 is 0 Å². The maximum Gasteiger partial charge on any atom is 0.123 e. The van der Waals surface area contributed by atoms with Crippen LogP contribution in [0, 0.1) is 11.7 Å². The average Bonchev–Trinajstić information content (AvgIpc) is 2.17. The van der Waals surface area contributed by atoms with Crippen molar-refractivity contribution in [1.29, 1.82) is 0 Å². The summed E-state index contributed by atoms with van der Waals surface area (Å²) in [5.74, 6) is 0.267. The van der Waals surface area contributed by atoms with Gasteiger partial charge in [0.25, 0.3) is 0 Å². The molecule has 0 amide bonds. The third-order valence-corrected chi connectivity index (χ3v) is 2.54. The molecule has 1 N–H and O–H groups in total. The summed E-state index contributed by atoms with van der Waals surface area (Å²) in [7, 11) is 0. The highest BCUT2D eigenvalue weighted by molar-refractivity contribution is 5.20. The van der Waals surface area contributed by atoms with E-state index in [1.54, 1.807) is 12.1 Å². The molecule has 0 spiro atoms. The highest BCUT2D eigenvalue weighted by atomic mass is 19.1. The first-order valence-electron chi connectivity index (χ1n) is 4.51. The van der Waals surface area contributed by atoms with Gasteiger partial charge in [0.05, 0.1) is 0 Å². The summed E-state index contributed by atoms with van der Waals surface area (Å²) >= 11 is 0. The highest BCUT2D eigenvalue weighted by Gasteiger charge is 2.12. The van der Waals surface area contributed by atoms with Crippen LogP contribution in [0.5, 0.6) is 0 Å². The summed E-state index contributed by atoms with van der Waals surface area (Å²) in [5.41, 5.74) is 1.07. The van der Waals surface area contributed by atoms with E-state index in [1.807, 2.05) is 13.8 Å². The zero-order valence-electron chi connectivity index (χ0n) is 8.00. The Morgan fingerprint density at radius 2 is 1.77 bits per heavy atom. The SMILES string of the molecule is CC(CO)C(C)c1ccc(F)cc1. The minimum atomic E-state index is -0.215. The maximum atomic E-state index is 12.6. The molecular formula is C11H15FO. The lowest BCUT2D eigenvalue weighted by Gasteiger charge is -2.17. The summed E-state index contributed by atoms with van der Waals surface area (Å²) in [5, 5.41) is 8.95. The Morgan fingerprint density at radius 1 is 1.23 bits per heavy atom. The van der Waals surface area contributed by atoms with E-state index < -0.39 is 0 Å². The fourth-order valence-corrected chi connectivity index (χ4v) is 1.25. The monoisotopic (exact) mass is 182 g/mol. The van der Waals surface area contributed by atoms with Gasteiger partial charge >= 0.3 is 0 Å². The summed E-state index contributed by atoms with van der Waals surface area (Å²) in [6, 6.07) is 6.45. The molecule has 2 heteroatoms. The summed E-state index contributed by atoms with van der Waals surface area (Å²) in [4.78, 5) is 0. The van der Waals surface area contributed by atoms with Gasteiger partial charge in [-0.2, -0.15) is 0 Å². The minimum absolute atomic E-state index is 0.165. The first-order valence-corrected chi connectivity index (χ1v) is 4.51. The van der Waals surface area contributed by atoms with E-state index in [4.69, 9.17) is 5.11 Å².